The summed E-state index contributed by atoms with van der Waals surface area (Å²) in [6, 6.07) is 9.80. The Labute approximate surface area is 146 Å². The van der Waals surface area contributed by atoms with Crippen molar-refractivity contribution in [2.75, 3.05) is 32.2 Å². The molecule has 3 heterocycles. The number of nitrogens with one attached hydrogen (secondary N) is 1. The van der Waals surface area contributed by atoms with Gasteiger partial charge >= 0.3 is 0 Å². The number of anilines is 1. The van der Waals surface area contributed by atoms with E-state index in [1.165, 1.54) is 0 Å². The molecule has 1 saturated heterocycles. The summed E-state index contributed by atoms with van der Waals surface area (Å²) in [5, 5.41) is 3.34. The molecule has 1 fully saturated rings. The summed E-state index contributed by atoms with van der Waals surface area (Å²) in [6.07, 6.45) is 2.50. The van der Waals surface area contributed by atoms with Crippen LogP contribution in [0.1, 0.15) is 17.7 Å². The highest BCUT2D eigenvalue weighted by Gasteiger charge is 2.52. The number of amides is 1. The molecule has 1 unspecified atom stereocenters. The van der Waals surface area contributed by atoms with Crippen LogP contribution in [-0.4, -0.2) is 38.2 Å². The molecule has 0 bridgehead atoms. The number of para-hydroxylation sites is 1. The average molecular weight is 339 g/mol. The number of fused-ring (bicyclic) bond motifs is 2. The zero-order valence-corrected chi connectivity index (χ0v) is 14.4. The zero-order chi connectivity index (χ0) is 17.4. The summed E-state index contributed by atoms with van der Waals surface area (Å²) in [5.41, 5.74) is 2.30. The van der Waals surface area contributed by atoms with Gasteiger partial charge in [0.25, 0.3) is 0 Å². The normalized spacial score (nSPS) is 21.7. The zero-order valence-electron chi connectivity index (χ0n) is 14.4. The number of hydrogen-bond acceptors (Lipinski definition) is 5. The minimum atomic E-state index is -0.456. The number of aromatic nitrogens is 1. The Kier molecular flexibility index (Phi) is 3.84. The van der Waals surface area contributed by atoms with Crippen LogP contribution >= 0.6 is 0 Å². The Morgan fingerprint density at radius 3 is 2.80 bits per heavy atom. The summed E-state index contributed by atoms with van der Waals surface area (Å²) in [4.78, 5) is 19.6. The van der Waals surface area contributed by atoms with Crippen molar-refractivity contribution >= 4 is 11.6 Å². The third kappa shape index (κ3) is 2.28. The molecule has 1 aromatic carbocycles. The van der Waals surface area contributed by atoms with Crippen molar-refractivity contribution in [2.45, 2.75) is 18.4 Å². The number of nitrogens with zero attached hydrogens (tertiary/aromatic N) is 2. The van der Waals surface area contributed by atoms with Gasteiger partial charge in [0.1, 0.15) is 5.69 Å². The van der Waals surface area contributed by atoms with Gasteiger partial charge in [-0.05, 0) is 24.6 Å². The maximum Gasteiger partial charge on any atom is 0.239 e. The number of methoxy groups -OCH3 is 2. The second kappa shape index (κ2) is 6.04. The van der Waals surface area contributed by atoms with Crippen LogP contribution in [0, 0.1) is 0 Å². The first-order valence-electron chi connectivity index (χ1n) is 8.39. The molecular weight excluding hydrogens is 318 g/mol. The van der Waals surface area contributed by atoms with Crippen molar-refractivity contribution < 1.29 is 14.3 Å². The Balaban J connectivity index is 1.76. The molecule has 1 atom stereocenters. The summed E-state index contributed by atoms with van der Waals surface area (Å²) in [5.74, 6) is 1.32. The van der Waals surface area contributed by atoms with Crippen molar-refractivity contribution in [3.63, 3.8) is 0 Å². The van der Waals surface area contributed by atoms with Crippen LogP contribution in [0.5, 0.6) is 11.5 Å². The fourth-order valence-corrected chi connectivity index (χ4v) is 3.97. The van der Waals surface area contributed by atoms with E-state index in [2.05, 4.69) is 16.4 Å². The molecular formula is C19H21N3O3. The van der Waals surface area contributed by atoms with Gasteiger partial charge in [-0.3, -0.25) is 9.78 Å². The largest absolute Gasteiger partial charge is 0.493 e. The molecule has 0 saturated carbocycles. The Bertz CT molecular complexity index is 815. The highest BCUT2D eigenvalue weighted by atomic mass is 16.5. The van der Waals surface area contributed by atoms with Crippen LogP contribution in [0.25, 0.3) is 0 Å². The van der Waals surface area contributed by atoms with E-state index in [9.17, 15) is 4.79 Å². The smallest absolute Gasteiger partial charge is 0.239 e. The van der Waals surface area contributed by atoms with Crippen LogP contribution in [0.4, 0.5) is 5.69 Å². The van der Waals surface area contributed by atoms with Gasteiger partial charge in [0.05, 0.1) is 26.2 Å². The number of ether oxygens (including phenoxy) is 2. The predicted octanol–water partition coefficient (Wildman–Crippen LogP) is 1.88. The lowest BCUT2D eigenvalue weighted by Gasteiger charge is -2.23. The number of pyridine rings is 1. The Morgan fingerprint density at radius 2 is 2.08 bits per heavy atom. The van der Waals surface area contributed by atoms with E-state index in [1.807, 2.05) is 23.1 Å². The monoisotopic (exact) mass is 339 g/mol. The topological polar surface area (TPSA) is 63.7 Å². The van der Waals surface area contributed by atoms with Gasteiger partial charge in [0.2, 0.25) is 5.91 Å². The summed E-state index contributed by atoms with van der Waals surface area (Å²) in [6.45, 7) is 1.90. The third-order valence-electron chi connectivity index (χ3n) is 5.19. The van der Waals surface area contributed by atoms with Crippen molar-refractivity contribution in [1.29, 1.82) is 0 Å². The number of carbonyl (C=O) groups is 1. The van der Waals surface area contributed by atoms with Gasteiger partial charge in [0.15, 0.2) is 11.5 Å². The SMILES string of the molecule is COc1ccnc(CN2C(=O)C3(CCNC3)c3ccccc32)c1OC. The lowest BCUT2D eigenvalue weighted by molar-refractivity contribution is -0.122. The standard InChI is InChI=1S/C19H21N3O3/c1-24-16-7-9-21-14(17(16)25-2)11-22-15-6-4-3-5-13(15)19(18(22)23)8-10-20-12-19/h3-7,9,20H,8,10-12H2,1-2H3. The molecule has 2 aliphatic rings. The van der Waals surface area contributed by atoms with Crippen LogP contribution < -0.4 is 19.7 Å². The van der Waals surface area contributed by atoms with Crippen LogP contribution in [0.15, 0.2) is 36.5 Å². The molecule has 0 aliphatic carbocycles. The first kappa shape index (κ1) is 15.9. The molecule has 4 rings (SSSR count). The van der Waals surface area contributed by atoms with Gasteiger partial charge < -0.3 is 19.7 Å². The molecule has 2 aliphatic heterocycles. The van der Waals surface area contributed by atoms with Crippen molar-refractivity contribution in [1.82, 2.24) is 10.3 Å². The van der Waals surface area contributed by atoms with Gasteiger partial charge in [-0.2, -0.15) is 0 Å². The van der Waals surface area contributed by atoms with E-state index >= 15 is 0 Å². The molecule has 25 heavy (non-hydrogen) atoms. The Morgan fingerprint density at radius 1 is 1.24 bits per heavy atom. The van der Waals surface area contributed by atoms with E-state index in [0.29, 0.717) is 30.3 Å². The van der Waals surface area contributed by atoms with E-state index in [4.69, 9.17) is 9.47 Å². The van der Waals surface area contributed by atoms with Gasteiger partial charge in [0, 0.05) is 24.5 Å². The van der Waals surface area contributed by atoms with Crippen molar-refractivity contribution in [3.8, 4) is 11.5 Å². The minimum Gasteiger partial charge on any atom is -0.493 e. The second-order valence-corrected chi connectivity index (χ2v) is 6.41. The maximum atomic E-state index is 13.3. The second-order valence-electron chi connectivity index (χ2n) is 6.41. The lowest BCUT2D eigenvalue weighted by Crippen LogP contribution is -2.41. The molecule has 1 spiro atoms. The molecule has 1 aromatic heterocycles. The summed E-state index contributed by atoms with van der Waals surface area (Å²) >= 11 is 0. The van der Waals surface area contributed by atoms with Crippen LogP contribution in [0.3, 0.4) is 0 Å². The first-order valence-corrected chi connectivity index (χ1v) is 8.39. The molecule has 6 heteroatoms. The number of carbonyl (C=O) groups excluding carboxylic acids is 1. The fourth-order valence-electron chi connectivity index (χ4n) is 3.97. The fraction of sp³-hybridized carbons (Fsp3) is 0.368. The van der Waals surface area contributed by atoms with E-state index in [1.54, 1.807) is 26.5 Å². The molecule has 2 aromatic rings. The average Bonchev–Trinajstić information content (AvgIpc) is 3.23. The highest BCUT2D eigenvalue weighted by molar-refractivity contribution is 6.08. The number of hydrogen-bond donors (Lipinski definition) is 1. The number of benzene rings is 1. The molecule has 6 nitrogen and oxygen atoms in total. The van der Waals surface area contributed by atoms with Crippen molar-refractivity contribution in [3.05, 3.63) is 47.8 Å². The number of rotatable bonds is 4. The van der Waals surface area contributed by atoms with Gasteiger partial charge in [-0.1, -0.05) is 18.2 Å². The lowest BCUT2D eigenvalue weighted by atomic mass is 9.81. The summed E-state index contributed by atoms with van der Waals surface area (Å²) < 4.78 is 10.8. The van der Waals surface area contributed by atoms with Crippen molar-refractivity contribution in [2.24, 2.45) is 0 Å². The molecule has 1 amide bonds. The van der Waals surface area contributed by atoms with Crippen LogP contribution in [0.2, 0.25) is 0 Å². The summed E-state index contributed by atoms with van der Waals surface area (Å²) in [7, 11) is 3.18. The Hall–Kier alpha value is -2.60. The minimum absolute atomic E-state index is 0.130. The van der Waals surface area contributed by atoms with E-state index in [-0.39, 0.29) is 5.91 Å². The molecule has 1 N–H and O–H groups in total. The highest BCUT2D eigenvalue weighted by Crippen LogP contribution is 2.46. The van der Waals surface area contributed by atoms with Crippen LogP contribution in [-0.2, 0) is 16.8 Å². The predicted molar refractivity (Wildman–Crippen MR) is 94.1 cm³/mol. The molecule has 130 valence electrons. The third-order valence-corrected chi connectivity index (χ3v) is 5.19. The molecule has 0 radical (unpaired) electrons. The quantitative estimate of drug-likeness (QED) is 0.921. The van der Waals surface area contributed by atoms with Gasteiger partial charge in [-0.25, -0.2) is 0 Å². The van der Waals surface area contributed by atoms with Gasteiger partial charge in [-0.15, -0.1) is 0 Å². The van der Waals surface area contributed by atoms with E-state index < -0.39 is 5.41 Å². The first-order chi connectivity index (χ1) is 12.2. The maximum absolute atomic E-state index is 13.3. The van der Waals surface area contributed by atoms with E-state index in [0.717, 1.165) is 24.2 Å².